The van der Waals surface area contributed by atoms with Gasteiger partial charge in [-0.05, 0) is 44.2 Å². The van der Waals surface area contributed by atoms with Gasteiger partial charge in [0.25, 0.3) is 0 Å². The molecule has 1 N–H and O–H groups in total. The number of hydrogen-bond acceptors (Lipinski definition) is 5. The third-order valence-electron chi connectivity index (χ3n) is 4.68. The van der Waals surface area contributed by atoms with Crippen LogP contribution in [0.4, 0.5) is 0 Å². The summed E-state index contributed by atoms with van der Waals surface area (Å²) in [5.74, 6) is 2.73. The molecule has 7 heteroatoms. The molecule has 0 radical (unpaired) electrons. The van der Waals surface area contributed by atoms with Gasteiger partial charge in [-0.1, -0.05) is 18.2 Å². The van der Waals surface area contributed by atoms with E-state index < -0.39 is 0 Å². The lowest BCUT2D eigenvalue weighted by Crippen LogP contribution is -2.37. The van der Waals surface area contributed by atoms with E-state index in [2.05, 4.69) is 9.97 Å². The first kappa shape index (κ1) is 19.4. The molecule has 6 nitrogen and oxygen atoms in total. The second-order valence-corrected chi connectivity index (χ2v) is 8.08. The van der Waals surface area contributed by atoms with Gasteiger partial charge in [-0.25, -0.2) is 4.98 Å². The third kappa shape index (κ3) is 4.56. The molecular weight excluding hydrogens is 386 g/mol. The highest BCUT2D eigenvalue weighted by molar-refractivity contribution is 8.00. The number of hydrogen-bond donors (Lipinski definition) is 1. The molecule has 0 saturated heterocycles. The number of amides is 1. The Morgan fingerprint density at radius 1 is 1.17 bits per heavy atom. The average molecular weight is 410 g/mol. The summed E-state index contributed by atoms with van der Waals surface area (Å²) < 4.78 is 10.8. The van der Waals surface area contributed by atoms with Crippen molar-refractivity contribution in [2.24, 2.45) is 0 Å². The summed E-state index contributed by atoms with van der Waals surface area (Å²) in [4.78, 5) is 23.5. The molecule has 0 bridgehead atoms. The third-order valence-corrected chi connectivity index (χ3v) is 5.68. The highest BCUT2D eigenvalue weighted by Gasteiger charge is 2.20. The maximum Gasteiger partial charge on any atom is 0.233 e. The fourth-order valence-corrected chi connectivity index (χ4v) is 3.92. The number of nitrogens with zero attached hydrogens (tertiary/aromatic N) is 2. The van der Waals surface area contributed by atoms with E-state index in [0.29, 0.717) is 12.3 Å². The maximum absolute atomic E-state index is 12.8. The number of fused-ring (bicyclic) bond motifs is 1. The zero-order valence-electron chi connectivity index (χ0n) is 16.4. The molecule has 0 saturated carbocycles. The average Bonchev–Trinajstić information content (AvgIpc) is 3.39. The zero-order chi connectivity index (χ0) is 20.2. The van der Waals surface area contributed by atoms with Crippen molar-refractivity contribution in [3.05, 3.63) is 60.6 Å². The lowest BCUT2D eigenvalue weighted by Gasteiger charge is -2.25. The molecule has 0 unspecified atom stereocenters. The Morgan fingerprint density at radius 2 is 1.97 bits per heavy atom. The molecule has 0 aliphatic carbocycles. The van der Waals surface area contributed by atoms with Crippen molar-refractivity contribution in [1.82, 2.24) is 14.9 Å². The van der Waals surface area contributed by atoms with Crippen LogP contribution in [0.5, 0.6) is 11.5 Å². The monoisotopic (exact) mass is 409 g/mol. The van der Waals surface area contributed by atoms with Crippen molar-refractivity contribution in [2.75, 3.05) is 12.5 Å². The maximum atomic E-state index is 12.8. The smallest absolute Gasteiger partial charge is 0.233 e. The summed E-state index contributed by atoms with van der Waals surface area (Å²) in [6.07, 6.45) is 1.79. The van der Waals surface area contributed by atoms with Gasteiger partial charge in [0, 0.05) is 16.5 Å². The Kier molecular flexibility index (Phi) is 5.76. The number of aromatic amines is 1. The van der Waals surface area contributed by atoms with Crippen molar-refractivity contribution in [2.45, 2.75) is 31.3 Å². The lowest BCUT2D eigenvalue weighted by molar-refractivity contribution is -0.130. The van der Waals surface area contributed by atoms with Crippen LogP contribution in [0.15, 0.2) is 59.6 Å². The van der Waals surface area contributed by atoms with Gasteiger partial charge in [0.15, 0.2) is 11.5 Å². The number of H-pyrrole nitrogens is 1. The lowest BCUT2D eigenvalue weighted by atomic mass is 10.1. The summed E-state index contributed by atoms with van der Waals surface area (Å²) in [7, 11) is 0. The number of aromatic nitrogens is 2. The van der Waals surface area contributed by atoms with Gasteiger partial charge in [-0.15, -0.1) is 11.8 Å². The van der Waals surface area contributed by atoms with E-state index >= 15 is 0 Å². The van der Waals surface area contributed by atoms with Crippen LogP contribution < -0.4 is 9.47 Å². The molecule has 4 rings (SSSR count). The predicted octanol–water partition coefficient (Wildman–Crippen LogP) is 4.33. The number of ether oxygens (including phenoxy) is 2. The van der Waals surface area contributed by atoms with Crippen LogP contribution in [0.2, 0.25) is 0 Å². The van der Waals surface area contributed by atoms with E-state index in [1.165, 1.54) is 0 Å². The van der Waals surface area contributed by atoms with E-state index in [9.17, 15) is 4.79 Å². The molecule has 1 aliphatic heterocycles. The standard InChI is InChI=1S/C22H23N3O3S/c1-15(2)25(22(26)13-29-17-6-4-3-5-7-17)12-21-23-11-18(24-21)16-8-9-19-20(10-16)28-14-27-19/h3-11,15H,12-14H2,1-2H3,(H,23,24). The Labute approximate surface area is 174 Å². The predicted molar refractivity (Wildman–Crippen MR) is 113 cm³/mol. The van der Waals surface area contributed by atoms with Gasteiger partial charge in [-0.2, -0.15) is 0 Å². The van der Waals surface area contributed by atoms with Gasteiger partial charge in [0.2, 0.25) is 12.7 Å². The minimum absolute atomic E-state index is 0.0815. The van der Waals surface area contributed by atoms with Gasteiger partial charge >= 0.3 is 0 Å². The number of thioether (sulfide) groups is 1. The Balaban J connectivity index is 1.43. The van der Waals surface area contributed by atoms with Crippen molar-refractivity contribution >= 4 is 17.7 Å². The molecule has 0 atom stereocenters. The van der Waals surface area contributed by atoms with E-state index in [0.717, 1.165) is 33.5 Å². The molecule has 1 aliphatic rings. The highest BCUT2D eigenvalue weighted by Crippen LogP contribution is 2.35. The number of imidazole rings is 1. The molecule has 2 heterocycles. The molecule has 1 aromatic heterocycles. The Hall–Kier alpha value is -2.93. The van der Waals surface area contributed by atoms with Gasteiger partial charge in [0.1, 0.15) is 5.82 Å². The molecule has 150 valence electrons. The summed E-state index contributed by atoms with van der Waals surface area (Å²) >= 11 is 1.55. The van der Waals surface area contributed by atoms with Crippen LogP contribution in [0, 0.1) is 0 Å². The summed E-state index contributed by atoms with van der Waals surface area (Å²) in [6.45, 7) is 4.73. The van der Waals surface area contributed by atoms with Crippen LogP contribution in [-0.4, -0.2) is 39.4 Å². The molecule has 0 spiro atoms. The van der Waals surface area contributed by atoms with Crippen LogP contribution in [0.25, 0.3) is 11.3 Å². The van der Waals surface area contributed by atoms with Gasteiger partial charge < -0.3 is 19.4 Å². The molecule has 0 fully saturated rings. The van der Waals surface area contributed by atoms with Gasteiger partial charge in [0.05, 0.1) is 24.2 Å². The quantitative estimate of drug-likeness (QED) is 0.588. The SMILES string of the molecule is CC(C)N(Cc1ncc(-c2ccc3c(c2)OCO3)[nH]1)C(=O)CSc1ccccc1. The fourth-order valence-electron chi connectivity index (χ4n) is 3.12. The minimum atomic E-state index is 0.0815. The number of nitrogens with one attached hydrogen (secondary N) is 1. The molecule has 2 aromatic carbocycles. The van der Waals surface area contributed by atoms with Crippen molar-refractivity contribution in [3.63, 3.8) is 0 Å². The number of carbonyl (C=O) groups is 1. The van der Waals surface area contributed by atoms with Crippen LogP contribution in [-0.2, 0) is 11.3 Å². The molecular formula is C22H23N3O3S. The van der Waals surface area contributed by atoms with E-state index in [1.54, 1.807) is 18.0 Å². The van der Waals surface area contributed by atoms with E-state index in [-0.39, 0.29) is 18.7 Å². The normalized spacial score (nSPS) is 12.4. The Bertz CT molecular complexity index is 988. The summed E-state index contributed by atoms with van der Waals surface area (Å²) in [5, 5.41) is 0. The first-order chi connectivity index (χ1) is 14.1. The van der Waals surface area contributed by atoms with Crippen LogP contribution in [0.3, 0.4) is 0 Å². The second-order valence-electron chi connectivity index (χ2n) is 7.03. The summed E-state index contributed by atoms with van der Waals surface area (Å²) in [5.41, 5.74) is 1.85. The molecule has 29 heavy (non-hydrogen) atoms. The van der Waals surface area contributed by atoms with Crippen LogP contribution >= 0.6 is 11.8 Å². The second kappa shape index (κ2) is 8.61. The molecule has 1 amide bonds. The van der Waals surface area contributed by atoms with E-state index in [4.69, 9.17) is 9.47 Å². The highest BCUT2D eigenvalue weighted by atomic mass is 32.2. The number of benzene rings is 2. The minimum Gasteiger partial charge on any atom is -0.454 e. The van der Waals surface area contributed by atoms with Crippen molar-refractivity contribution < 1.29 is 14.3 Å². The van der Waals surface area contributed by atoms with Gasteiger partial charge in [-0.3, -0.25) is 4.79 Å². The number of rotatable bonds is 7. The largest absolute Gasteiger partial charge is 0.454 e. The van der Waals surface area contributed by atoms with Crippen molar-refractivity contribution in [1.29, 1.82) is 0 Å². The van der Waals surface area contributed by atoms with Crippen LogP contribution in [0.1, 0.15) is 19.7 Å². The summed E-state index contributed by atoms with van der Waals surface area (Å²) in [6, 6.07) is 15.8. The molecule has 3 aromatic rings. The number of carbonyl (C=O) groups excluding carboxylic acids is 1. The van der Waals surface area contributed by atoms with E-state index in [1.807, 2.05) is 67.3 Å². The Morgan fingerprint density at radius 3 is 2.76 bits per heavy atom. The zero-order valence-corrected chi connectivity index (χ0v) is 17.2. The fraction of sp³-hybridized carbons (Fsp3) is 0.273. The first-order valence-electron chi connectivity index (χ1n) is 9.51. The first-order valence-corrected chi connectivity index (χ1v) is 10.5. The van der Waals surface area contributed by atoms with Crippen molar-refractivity contribution in [3.8, 4) is 22.8 Å². The topological polar surface area (TPSA) is 67.5 Å².